The molecule has 2 nitrogen and oxygen atoms in total. The van der Waals surface area contributed by atoms with Crippen molar-refractivity contribution in [1.29, 1.82) is 0 Å². The van der Waals surface area contributed by atoms with Gasteiger partial charge in [0.05, 0.1) is 6.61 Å². The smallest absolute Gasteiger partial charge is 0.357 e. The van der Waals surface area contributed by atoms with Crippen LogP contribution in [0.5, 0.6) is 5.75 Å². The third-order valence-electron chi connectivity index (χ3n) is 3.65. The van der Waals surface area contributed by atoms with Crippen LogP contribution in [0.2, 0.25) is 0 Å². The molecule has 3 rings (SSSR count). The van der Waals surface area contributed by atoms with Crippen LogP contribution in [-0.4, -0.2) is 12.9 Å². The molecule has 0 saturated heterocycles. The van der Waals surface area contributed by atoms with Gasteiger partial charge in [-0.2, -0.15) is 0 Å². The van der Waals surface area contributed by atoms with Crippen molar-refractivity contribution in [2.45, 2.75) is 19.6 Å². The Labute approximate surface area is 160 Å². The Kier molecular flexibility index (Phi) is 6.89. The van der Waals surface area contributed by atoms with Crippen LogP contribution in [0.25, 0.3) is 0 Å². The van der Waals surface area contributed by atoms with Crippen molar-refractivity contribution in [2.24, 2.45) is 0 Å². The van der Waals surface area contributed by atoms with E-state index in [4.69, 9.17) is 9.47 Å². The summed E-state index contributed by atoms with van der Waals surface area (Å²) in [6, 6.07) is 29.4. The van der Waals surface area contributed by atoms with E-state index in [1.165, 1.54) is 12.7 Å². The molecule has 0 bridgehead atoms. The number of halogens is 1. The second kappa shape index (κ2) is 9.59. The molecule has 3 aromatic carbocycles. The second-order valence-electron chi connectivity index (χ2n) is 5.64. The Morgan fingerprint density at radius 1 is 0.760 bits per heavy atom. The number of benzene rings is 3. The summed E-state index contributed by atoms with van der Waals surface area (Å²) in [6.45, 7) is 2.60. The van der Waals surface area contributed by atoms with Crippen LogP contribution in [0.4, 0.5) is 0 Å². The van der Waals surface area contributed by atoms with Crippen LogP contribution in [0, 0.1) is 7.14 Å². The molecular formula is C22H22IO2+. The second-order valence-corrected chi connectivity index (χ2v) is 8.67. The maximum atomic E-state index is 5.85. The lowest BCUT2D eigenvalue weighted by Crippen LogP contribution is -3.61. The molecule has 3 heteroatoms. The highest BCUT2D eigenvalue weighted by Gasteiger charge is 2.15. The lowest BCUT2D eigenvalue weighted by atomic mass is 10.2. The Morgan fingerprint density at radius 3 is 2.04 bits per heavy atom. The highest BCUT2D eigenvalue weighted by molar-refractivity contribution is 5.21. The summed E-state index contributed by atoms with van der Waals surface area (Å²) >= 11 is -0.128. The zero-order valence-corrected chi connectivity index (χ0v) is 16.4. The lowest BCUT2D eigenvalue weighted by molar-refractivity contribution is -0.597. The molecule has 0 fully saturated rings. The molecular weight excluding hydrogens is 423 g/mol. The van der Waals surface area contributed by atoms with Gasteiger partial charge in [0, 0.05) is 0 Å². The van der Waals surface area contributed by atoms with Crippen LogP contribution in [0.1, 0.15) is 12.5 Å². The predicted octanol–water partition coefficient (Wildman–Crippen LogP) is 1.80. The first-order valence-corrected chi connectivity index (χ1v) is 10.6. The van der Waals surface area contributed by atoms with Gasteiger partial charge in [0.2, 0.25) is 0 Å². The molecule has 0 N–H and O–H groups in total. The van der Waals surface area contributed by atoms with Gasteiger partial charge in [-0.1, -0.05) is 48.5 Å². The van der Waals surface area contributed by atoms with E-state index in [1.807, 2.05) is 25.1 Å². The summed E-state index contributed by atoms with van der Waals surface area (Å²) in [7, 11) is 0. The Hall–Kier alpha value is -1.85. The van der Waals surface area contributed by atoms with Crippen LogP contribution >= 0.6 is 0 Å². The summed E-state index contributed by atoms with van der Waals surface area (Å²) in [5, 5.41) is 0. The van der Waals surface area contributed by atoms with Crippen molar-refractivity contribution >= 4 is 0 Å². The van der Waals surface area contributed by atoms with Gasteiger partial charge < -0.3 is 9.47 Å². The van der Waals surface area contributed by atoms with E-state index in [2.05, 4.69) is 66.7 Å². The number of hydrogen-bond donors (Lipinski definition) is 0. The van der Waals surface area contributed by atoms with E-state index >= 15 is 0 Å². The van der Waals surface area contributed by atoms with E-state index in [0.717, 1.165) is 12.2 Å². The Bertz CT molecular complexity index is 742. The Morgan fingerprint density at radius 2 is 1.36 bits per heavy atom. The van der Waals surface area contributed by atoms with Crippen LogP contribution < -0.4 is 25.9 Å². The van der Waals surface area contributed by atoms with Crippen molar-refractivity contribution in [3.63, 3.8) is 0 Å². The van der Waals surface area contributed by atoms with E-state index in [1.54, 1.807) is 0 Å². The fourth-order valence-electron chi connectivity index (χ4n) is 2.39. The van der Waals surface area contributed by atoms with Crippen molar-refractivity contribution in [3.8, 4) is 5.75 Å². The van der Waals surface area contributed by atoms with Gasteiger partial charge in [-0.15, -0.1) is 0 Å². The molecule has 0 saturated carbocycles. The lowest BCUT2D eigenvalue weighted by Gasteiger charge is -2.15. The summed E-state index contributed by atoms with van der Waals surface area (Å²) in [6.07, 6.45) is 0.646. The van der Waals surface area contributed by atoms with Crippen molar-refractivity contribution < 1.29 is 30.7 Å². The summed E-state index contributed by atoms with van der Waals surface area (Å²) in [5.41, 5.74) is 1.28. The predicted molar refractivity (Wildman–Crippen MR) is 96.5 cm³/mol. The Balaban J connectivity index is 1.44. The SMILES string of the molecule is CC(OCCc1ccccc1)Oc1ccc([I+]c2ccccc2)cc1. The van der Waals surface area contributed by atoms with E-state index in [9.17, 15) is 0 Å². The number of hydrogen-bond acceptors (Lipinski definition) is 2. The normalized spacial score (nSPS) is 11.9. The first-order chi connectivity index (χ1) is 12.3. The van der Waals surface area contributed by atoms with Crippen molar-refractivity contribution in [1.82, 2.24) is 0 Å². The first-order valence-electron chi connectivity index (χ1n) is 8.42. The topological polar surface area (TPSA) is 18.5 Å². The molecule has 128 valence electrons. The van der Waals surface area contributed by atoms with Crippen LogP contribution in [-0.2, 0) is 11.2 Å². The summed E-state index contributed by atoms with van der Waals surface area (Å²) in [4.78, 5) is 0. The first kappa shape index (κ1) is 18.0. The van der Waals surface area contributed by atoms with Gasteiger partial charge in [-0.3, -0.25) is 0 Å². The minimum atomic E-state index is -0.251. The molecule has 0 amide bonds. The summed E-state index contributed by atoms with van der Waals surface area (Å²) < 4.78 is 14.4. The molecule has 0 aliphatic heterocycles. The van der Waals surface area contributed by atoms with E-state index < -0.39 is 0 Å². The molecule has 1 unspecified atom stereocenters. The number of ether oxygens (including phenoxy) is 2. The monoisotopic (exact) mass is 445 g/mol. The average Bonchev–Trinajstić information content (AvgIpc) is 2.65. The average molecular weight is 445 g/mol. The standard InChI is InChI=1S/C22H22IO2/c1-18(24-17-16-19-8-4-2-5-9-19)25-22-14-12-21(13-15-22)23-20-10-6-3-7-11-20/h2-15,18H,16-17H2,1H3/q+1. The van der Waals surface area contributed by atoms with Gasteiger partial charge in [0.15, 0.2) is 13.4 Å². The van der Waals surface area contributed by atoms with Gasteiger partial charge in [-0.25, -0.2) is 0 Å². The van der Waals surface area contributed by atoms with Crippen LogP contribution in [0.15, 0.2) is 84.9 Å². The third kappa shape index (κ3) is 6.18. The fourth-order valence-corrected chi connectivity index (χ4v) is 4.61. The van der Waals surface area contributed by atoms with Crippen LogP contribution in [0.3, 0.4) is 0 Å². The van der Waals surface area contributed by atoms with Gasteiger partial charge in [0.1, 0.15) is 5.75 Å². The maximum absolute atomic E-state index is 5.85. The van der Waals surface area contributed by atoms with Gasteiger partial charge >= 0.3 is 21.2 Å². The fraction of sp³-hybridized carbons (Fsp3) is 0.182. The zero-order chi connectivity index (χ0) is 17.3. The van der Waals surface area contributed by atoms with Gasteiger partial charge in [-0.05, 0) is 55.3 Å². The largest absolute Gasteiger partial charge is 0.465 e. The molecule has 0 aliphatic carbocycles. The van der Waals surface area contributed by atoms with Crippen molar-refractivity contribution in [3.05, 3.63) is 97.6 Å². The third-order valence-corrected chi connectivity index (χ3v) is 6.34. The number of rotatable bonds is 8. The molecule has 1 atom stereocenters. The highest BCUT2D eigenvalue weighted by atomic mass is 127. The molecule has 3 aromatic rings. The molecule has 0 radical (unpaired) electrons. The molecule has 0 heterocycles. The quantitative estimate of drug-likeness (QED) is 0.389. The van der Waals surface area contributed by atoms with E-state index in [0.29, 0.717) is 6.61 Å². The zero-order valence-electron chi connectivity index (χ0n) is 14.3. The molecule has 25 heavy (non-hydrogen) atoms. The highest BCUT2D eigenvalue weighted by Crippen LogP contribution is 2.11. The minimum Gasteiger partial charge on any atom is -0.465 e. The van der Waals surface area contributed by atoms with E-state index in [-0.39, 0.29) is 27.5 Å². The van der Waals surface area contributed by atoms with Gasteiger partial charge in [0.25, 0.3) is 0 Å². The maximum Gasteiger partial charge on any atom is 0.357 e. The van der Waals surface area contributed by atoms with Crippen molar-refractivity contribution in [2.75, 3.05) is 6.61 Å². The molecule has 0 aromatic heterocycles. The molecule has 0 aliphatic rings. The molecule has 0 spiro atoms. The summed E-state index contributed by atoms with van der Waals surface area (Å²) in [5.74, 6) is 0.855. The minimum absolute atomic E-state index is 0.128.